The van der Waals surface area contributed by atoms with Crippen molar-refractivity contribution in [2.45, 2.75) is 25.0 Å². The molecule has 3 rings (SSSR count). The van der Waals surface area contributed by atoms with Gasteiger partial charge >= 0.3 is 6.18 Å². The second kappa shape index (κ2) is 9.40. The van der Waals surface area contributed by atoms with Crippen molar-refractivity contribution >= 4 is 5.91 Å². The fourth-order valence-corrected chi connectivity index (χ4v) is 2.70. The minimum Gasteiger partial charge on any atom is -0.382 e. The van der Waals surface area contributed by atoms with Crippen LogP contribution in [0.1, 0.15) is 15.9 Å². The number of nitrogens with zero attached hydrogens (tertiary/aromatic N) is 3. The molecule has 2 N–H and O–H groups in total. The quantitative estimate of drug-likeness (QED) is 0.425. The van der Waals surface area contributed by atoms with E-state index in [1.165, 1.54) is 29.8 Å². The lowest BCUT2D eigenvalue weighted by Crippen LogP contribution is -2.45. The summed E-state index contributed by atoms with van der Waals surface area (Å²) in [6.45, 7) is 0. The molecule has 0 aliphatic heterocycles. The highest BCUT2D eigenvalue weighted by Crippen LogP contribution is 2.30. The van der Waals surface area contributed by atoms with Gasteiger partial charge in [-0.1, -0.05) is 12.1 Å². The van der Waals surface area contributed by atoms with Crippen LogP contribution in [0.15, 0.2) is 59.7 Å². The van der Waals surface area contributed by atoms with Crippen molar-refractivity contribution in [1.29, 1.82) is 0 Å². The van der Waals surface area contributed by atoms with E-state index >= 15 is 0 Å². The number of aliphatic hydroxyl groups excluding tert-OH is 1. The van der Waals surface area contributed by atoms with Gasteiger partial charge in [0, 0.05) is 11.8 Å². The van der Waals surface area contributed by atoms with Crippen molar-refractivity contribution in [2.75, 3.05) is 0 Å². The molecule has 1 aromatic carbocycles. The van der Waals surface area contributed by atoms with E-state index in [0.717, 1.165) is 30.3 Å². The summed E-state index contributed by atoms with van der Waals surface area (Å²) >= 11 is 0. The molecule has 2 atom stereocenters. The van der Waals surface area contributed by atoms with E-state index in [9.17, 15) is 35.9 Å². The molecule has 2 aromatic heterocycles. The molecule has 0 bridgehead atoms. The topological polar surface area (TPSA) is 97.1 Å². The molecule has 0 aliphatic carbocycles. The van der Waals surface area contributed by atoms with E-state index in [2.05, 4.69) is 10.1 Å². The van der Waals surface area contributed by atoms with Crippen molar-refractivity contribution in [2.24, 2.45) is 0 Å². The van der Waals surface area contributed by atoms with Crippen LogP contribution >= 0.6 is 0 Å². The number of rotatable bonds is 6. The Labute approximate surface area is 181 Å². The molecule has 0 radical (unpaired) electrons. The normalized spacial score (nSPS) is 13.6. The van der Waals surface area contributed by atoms with Crippen LogP contribution in [-0.2, 0) is 6.18 Å². The molecular weight excluding hydrogens is 458 g/mol. The van der Waals surface area contributed by atoms with Gasteiger partial charge in [0.1, 0.15) is 5.56 Å². The number of halogens is 6. The highest BCUT2D eigenvalue weighted by molar-refractivity contribution is 5.95. The smallest absolute Gasteiger partial charge is 0.382 e. The lowest BCUT2D eigenvalue weighted by Gasteiger charge is -2.17. The van der Waals surface area contributed by atoms with Gasteiger partial charge in [-0.2, -0.15) is 23.0 Å². The van der Waals surface area contributed by atoms with Gasteiger partial charge in [0.05, 0.1) is 23.1 Å². The van der Waals surface area contributed by atoms with Crippen LogP contribution < -0.4 is 10.9 Å². The summed E-state index contributed by atoms with van der Waals surface area (Å²) in [6.07, 6.45) is -11.3. The van der Waals surface area contributed by atoms with Gasteiger partial charge in [-0.15, -0.1) is 0 Å². The van der Waals surface area contributed by atoms with E-state index in [0.29, 0.717) is 4.68 Å². The van der Waals surface area contributed by atoms with Crippen LogP contribution in [0.5, 0.6) is 0 Å². The molecule has 7 nitrogen and oxygen atoms in total. The Morgan fingerprint density at radius 2 is 1.76 bits per heavy atom. The molecule has 1 unspecified atom stereocenters. The van der Waals surface area contributed by atoms with Gasteiger partial charge in [0.25, 0.3) is 17.9 Å². The van der Waals surface area contributed by atoms with Crippen LogP contribution in [0.3, 0.4) is 0 Å². The Morgan fingerprint density at radius 1 is 1.09 bits per heavy atom. The van der Waals surface area contributed by atoms with Crippen LogP contribution in [-0.4, -0.2) is 44.6 Å². The molecule has 0 fully saturated rings. The van der Waals surface area contributed by atoms with Gasteiger partial charge in [-0.25, -0.2) is 13.2 Å². The number of benzene rings is 1. The molecule has 0 saturated carbocycles. The average molecular weight is 472 g/mol. The van der Waals surface area contributed by atoms with Crippen molar-refractivity contribution in [3.8, 4) is 16.9 Å². The Kier molecular flexibility index (Phi) is 6.81. The molecule has 0 saturated heterocycles. The first-order chi connectivity index (χ1) is 15.5. The van der Waals surface area contributed by atoms with Crippen molar-refractivity contribution in [1.82, 2.24) is 20.1 Å². The van der Waals surface area contributed by atoms with Crippen molar-refractivity contribution in [3.05, 3.63) is 76.3 Å². The van der Waals surface area contributed by atoms with Crippen LogP contribution in [0.2, 0.25) is 0 Å². The number of hydrogen-bond acceptors (Lipinski definition) is 5. The number of carbonyl (C=O) groups is 1. The van der Waals surface area contributed by atoms with Gasteiger partial charge < -0.3 is 10.4 Å². The fourth-order valence-electron chi connectivity index (χ4n) is 2.70. The van der Waals surface area contributed by atoms with Gasteiger partial charge in [0.2, 0.25) is 6.30 Å². The number of alkyl halides is 6. The Balaban J connectivity index is 2.10. The summed E-state index contributed by atoms with van der Waals surface area (Å²) in [7, 11) is 0. The predicted octanol–water partition coefficient (Wildman–Crippen LogP) is 2.96. The SMILES string of the molecule is O=C(NC(F)[C@H](O)C(F)F)c1cc(-c2ccc(C(F)(F)F)cc2)nn(-c2cccnc2)c1=O. The molecule has 1 amide bonds. The highest BCUT2D eigenvalue weighted by atomic mass is 19.4. The maximum absolute atomic E-state index is 13.8. The standard InChI is InChI=1S/C20H14F6N4O3/c21-16(22)15(31)17(23)28-18(32)13-8-14(10-3-5-11(6-4-10)20(24,25)26)29-30(19(13)33)12-2-1-7-27-9-12/h1-9,15-17,31H,(H,28,32)/t15-,17?/m1/s1. The molecule has 0 spiro atoms. The van der Waals surface area contributed by atoms with Gasteiger partial charge in [-0.05, 0) is 30.3 Å². The number of amides is 1. The van der Waals surface area contributed by atoms with Gasteiger partial charge in [-0.3, -0.25) is 14.6 Å². The first kappa shape index (κ1) is 23.9. The summed E-state index contributed by atoms with van der Waals surface area (Å²) in [5, 5.41) is 14.6. The molecule has 174 valence electrons. The monoisotopic (exact) mass is 472 g/mol. The second-order valence-electron chi connectivity index (χ2n) is 6.65. The largest absolute Gasteiger partial charge is 0.416 e. The molecule has 0 aliphatic rings. The average Bonchev–Trinajstić information content (AvgIpc) is 2.78. The molecule has 3 aromatic rings. The zero-order valence-electron chi connectivity index (χ0n) is 16.3. The zero-order chi connectivity index (χ0) is 24.3. The third-order valence-corrected chi connectivity index (χ3v) is 4.38. The Hall–Kier alpha value is -3.74. The number of carbonyl (C=O) groups excluding carboxylic acids is 1. The lowest BCUT2D eigenvalue weighted by molar-refractivity contribution is -0.137. The summed E-state index contributed by atoms with van der Waals surface area (Å²) in [4.78, 5) is 29.0. The summed E-state index contributed by atoms with van der Waals surface area (Å²) in [5.41, 5.74) is -2.82. The fraction of sp³-hybridized carbons (Fsp3) is 0.200. The van der Waals surface area contributed by atoms with Crippen LogP contribution in [0.25, 0.3) is 16.9 Å². The molecule has 13 heteroatoms. The highest BCUT2D eigenvalue weighted by Gasteiger charge is 2.31. The lowest BCUT2D eigenvalue weighted by atomic mass is 10.1. The number of aromatic nitrogens is 3. The van der Waals surface area contributed by atoms with Crippen LogP contribution in [0, 0.1) is 0 Å². The first-order valence-electron chi connectivity index (χ1n) is 9.12. The van der Waals surface area contributed by atoms with Crippen molar-refractivity contribution in [3.63, 3.8) is 0 Å². The third-order valence-electron chi connectivity index (χ3n) is 4.38. The number of nitrogens with one attached hydrogen (secondary N) is 1. The summed E-state index contributed by atoms with van der Waals surface area (Å²) < 4.78 is 78.0. The van der Waals surface area contributed by atoms with E-state index in [1.54, 1.807) is 0 Å². The predicted molar refractivity (Wildman–Crippen MR) is 102 cm³/mol. The van der Waals surface area contributed by atoms with E-state index < -0.39 is 47.6 Å². The summed E-state index contributed by atoms with van der Waals surface area (Å²) in [6, 6.07) is 7.30. The second-order valence-corrected chi connectivity index (χ2v) is 6.65. The Morgan fingerprint density at radius 3 is 2.30 bits per heavy atom. The summed E-state index contributed by atoms with van der Waals surface area (Å²) in [5.74, 6) is -1.44. The molecule has 33 heavy (non-hydrogen) atoms. The van der Waals surface area contributed by atoms with E-state index in [4.69, 9.17) is 5.11 Å². The van der Waals surface area contributed by atoms with Gasteiger partial charge in [0.15, 0.2) is 6.10 Å². The number of aliphatic hydroxyl groups is 1. The first-order valence-corrected chi connectivity index (χ1v) is 9.12. The van der Waals surface area contributed by atoms with E-state index in [-0.39, 0.29) is 16.9 Å². The third kappa shape index (κ3) is 5.37. The maximum Gasteiger partial charge on any atom is 0.416 e. The number of hydrogen-bond donors (Lipinski definition) is 2. The Bertz CT molecular complexity index is 1180. The zero-order valence-corrected chi connectivity index (χ0v) is 16.3. The molecular formula is C20H14F6N4O3. The number of pyridine rings is 1. The van der Waals surface area contributed by atoms with Crippen LogP contribution in [0.4, 0.5) is 26.3 Å². The minimum atomic E-state index is -4.60. The maximum atomic E-state index is 13.8. The minimum absolute atomic E-state index is 0.0646. The van der Waals surface area contributed by atoms with E-state index in [1.807, 2.05) is 0 Å². The molecule has 2 heterocycles. The van der Waals surface area contributed by atoms with Crippen molar-refractivity contribution < 1.29 is 36.2 Å².